The predicted octanol–water partition coefficient (Wildman–Crippen LogP) is 3.15. The van der Waals surface area contributed by atoms with Crippen molar-refractivity contribution >= 4 is 5.97 Å². The molecule has 0 radical (unpaired) electrons. The van der Waals surface area contributed by atoms with E-state index in [9.17, 15) is 18.0 Å². The van der Waals surface area contributed by atoms with Gasteiger partial charge in [-0.2, -0.15) is 28.2 Å². The molecule has 2 heterocycles. The highest BCUT2D eigenvalue weighted by molar-refractivity contribution is 5.91. The summed E-state index contributed by atoms with van der Waals surface area (Å²) in [4.78, 5) is 19.3. The van der Waals surface area contributed by atoms with Crippen LogP contribution in [0.25, 0.3) is 5.69 Å². The summed E-state index contributed by atoms with van der Waals surface area (Å²) in [5.41, 5.74) is 0.751. The molecule has 172 valence electrons. The highest BCUT2D eigenvalue weighted by Crippen LogP contribution is 2.28. The van der Waals surface area contributed by atoms with Crippen LogP contribution in [0, 0.1) is 6.92 Å². The van der Waals surface area contributed by atoms with E-state index in [4.69, 9.17) is 9.84 Å². The third-order valence-corrected chi connectivity index (χ3v) is 3.99. The van der Waals surface area contributed by atoms with Gasteiger partial charge in [-0.05, 0) is 38.1 Å². The molecule has 0 fully saturated rings. The Morgan fingerprint density at radius 2 is 1.84 bits per heavy atom. The fourth-order valence-corrected chi connectivity index (χ4v) is 2.47. The van der Waals surface area contributed by atoms with Crippen LogP contribution in [0.4, 0.5) is 13.2 Å². The van der Waals surface area contributed by atoms with Gasteiger partial charge in [0.15, 0.2) is 0 Å². The zero-order valence-corrected chi connectivity index (χ0v) is 17.7. The average molecular weight is 452 g/mol. The zero-order chi connectivity index (χ0) is 23.7. The number of carboxylic acids is 1. The van der Waals surface area contributed by atoms with Crippen LogP contribution >= 0.6 is 0 Å². The maximum Gasteiger partial charge on any atom is 0.419 e. The van der Waals surface area contributed by atoms with E-state index in [1.54, 1.807) is 18.2 Å². The first-order valence-corrected chi connectivity index (χ1v) is 9.57. The monoisotopic (exact) mass is 452 g/mol. The minimum atomic E-state index is -4.42. The van der Waals surface area contributed by atoms with E-state index in [2.05, 4.69) is 25.5 Å². The van der Waals surface area contributed by atoms with Crippen LogP contribution in [-0.4, -0.2) is 55.2 Å². The summed E-state index contributed by atoms with van der Waals surface area (Å²) in [6.07, 6.45) is 0.0119. The third kappa shape index (κ3) is 7.30. The van der Waals surface area contributed by atoms with E-state index < -0.39 is 17.7 Å². The number of carboxylic acid groups (broad SMARTS) is 1. The summed E-state index contributed by atoms with van der Waals surface area (Å²) in [7, 11) is 0. The van der Waals surface area contributed by atoms with Crippen molar-refractivity contribution in [3.8, 4) is 11.7 Å². The second-order valence-electron chi connectivity index (χ2n) is 6.67. The van der Waals surface area contributed by atoms with Gasteiger partial charge in [0.25, 0.3) is 0 Å². The lowest BCUT2D eigenvalue weighted by Gasteiger charge is -2.12. The number of nitrogens with one attached hydrogen (secondary N) is 1. The van der Waals surface area contributed by atoms with Crippen LogP contribution in [0.3, 0.4) is 0 Å². The summed E-state index contributed by atoms with van der Waals surface area (Å²) in [6, 6.07) is 5.07. The van der Waals surface area contributed by atoms with E-state index in [1.807, 2.05) is 20.8 Å². The lowest BCUT2D eigenvalue weighted by atomic mass is 10.1. The molecule has 0 amide bonds. The fourth-order valence-electron chi connectivity index (χ4n) is 2.47. The molecule has 2 aromatic heterocycles. The molecule has 3 rings (SSSR count). The number of likely N-dealkylation sites (N-methyl/N-ethyl adjacent to an activating group) is 1. The Morgan fingerprint density at radius 1 is 1.22 bits per heavy atom. The Balaban J connectivity index is 0.000000228. The number of alkyl halides is 3. The van der Waals surface area contributed by atoms with E-state index in [0.29, 0.717) is 24.7 Å². The van der Waals surface area contributed by atoms with Crippen molar-refractivity contribution in [2.75, 3.05) is 13.2 Å². The zero-order valence-electron chi connectivity index (χ0n) is 17.7. The van der Waals surface area contributed by atoms with Gasteiger partial charge in [-0.3, -0.25) is 0 Å². The largest absolute Gasteiger partial charge is 0.478 e. The number of aromatic nitrogens is 5. The van der Waals surface area contributed by atoms with Crippen molar-refractivity contribution in [2.24, 2.45) is 0 Å². The Bertz CT molecular complexity index is 995. The molecule has 1 unspecified atom stereocenters. The normalized spacial score (nSPS) is 11.9. The summed E-state index contributed by atoms with van der Waals surface area (Å²) in [5, 5.41) is 19.9. The summed E-state index contributed by atoms with van der Waals surface area (Å²) in [5.74, 6) is -0.984. The maximum atomic E-state index is 12.2. The number of hydrogen-bond acceptors (Lipinski definition) is 7. The van der Waals surface area contributed by atoms with Crippen molar-refractivity contribution in [3.63, 3.8) is 0 Å². The van der Waals surface area contributed by atoms with Crippen LogP contribution in [0.15, 0.2) is 43.0 Å². The number of nitrogens with zero attached hydrogens (tertiary/aromatic N) is 5. The van der Waals surface area contributed by atoms with E-state index in [-0.39, 0.29) is 17.6 Å². The first kappa shape index (κ1) is 24.7. The predicted molar refractivity (Wildman–Crippen MR) is 109 cm³/mol. The Kier molecular flexibility index (Phi) is 8.64. The van der Waals surface area contributed by atoms with Gasteiger partial charge in [0.1, 0.15) is 12.3 Å². The molecule has 0 saturated carbocycles. The molecule has 0 saturated heterocycles. The molecular formula is C20H23F3N6O3. The molecular weight excluding hydrogens is 429 g/mol. The number of rotatable bonds is 7. The molecule has 0 bridgehead atoms. The van der Waals surface area contributed by atoms with Gasteiger partial charge >= 0.3 is 18.2 Å². The minimum absolute atomic E-state index is 0.0530. The average Bonchev–Trinajstić information content (AvgIpc) is 3.27. The summed E-state index contributed by atoms with van der Waals surface area (Å²) < 4.78 is 41.7. The molecule has 1 aromatic carbocycles. The molecule has 32 heavy (non-hydrogen) atoms. The lowest BCUT2D eigenvalue weighted by molar-refractivity contribution is -0.138. The molecule has 0 aliphatic rings. The summed E-state index contributed by atoms with van der Waals surface area (Å²) >= 11 is 0. The fraction of sp³-hybridized carbons (Fsp3) is 0.350. The number of carbonyl (C=O) groups is 1. The molecule has 12 heteroatoms. The van der Waals surface area contributed by atoms with E-state index >= 15 is 0 Å². The number of benzene rings is 1. The molecule has 1 atom stereocenters. The molecule has 0 aliphatic heterocycles. The number of hydrogen-bond donors (Lipinski definition) is 2. The number of aryl methyl sites for hydroxylation is 1. The Morgan fingerprint density at radius 3 is 2.38 bits per heavy atom. The highest BCUT2D eigenvalue weighted by atomic mass is 19.4. The number of halogens is 3. The van der Waals surface area contributed by atoms with Gasteiger partial charge in [0, 0.05) is 18.4 Å². The van der Waals surface area contributed by atoms with Crippen molar-refractivity contribution in [3.05, 3.63) is 59.7 Å². The quantitative estimate of drug-likeness (QED) is 0.562. The standard InChI is InChI=1S/C10H14F3N3O.C10H9N3O2/c1-3-14-7(2)6-17-9-15-4-8(5-16-9)10(11,12)13;1-7-2-3-8(10(14)15)9(6-7)13-11-4-5-12-13/h4-5,7,14H,3,6H2,1-2H3;2-6H,1H3,(H,14,15). The Labute approximate surface area is 182 Å². The lowest BCUT2D eigenvalue weighted by Crippen LogP contribution is -2.31. The smallest absolute Gasteiger partial charge is 0.419 e. The molecule has 0 aliphatic carbocycles. The second-order valence-corrected chi connectivity index (χ2v) is 6.67. The molecule has 0 spiro atoms. The van der Waals surface area contributed by atoms with Gasteiger partial charge in [-0.15, -0.1) is 0 Å². The number of aromatic carboxylic acids is 1. The van der Waals surface area contributed by atoms with Crippen LogP contribution in [0.1, 0.15) is 35.3 Å². The number of ether oxygens (including phenoxy) is 1. The van der Waals surface area contributed by atoms with Gasteiger partial charge in [0.05, 0.1) is 23.5 Å². The van der Waals surface area contributed by atoms with Crippen LogP contribution in [-0.2, 0) is 6.18 Å². The second kappa shape index (κ2) is 11.2. The van der Waals surface area contributed by atoms with Gasteiger partial charge in [-0.1, -0.05) is 13.0 Å². The van der Waals surface area contributed by atoms with Crippen LogP contribution in [0.5, 0.6) is 6.01 Å². The third-order valence-electron chi connectivity index (χ3n) is 3.99. The highest BCUT2D eigenvalue weighted by Gasteiger charge is 2.31. The molecule has 9 nitrogen and oxygen atoms in total. The van der Waals surface area contributed by atoms with E-state index in [0.717, 1.165) is 12.1 Å². The van der Waals surface area contributed by atoms with Crippen molar-refractivity contribution in [2.45, 2.75) is 33.0 Å². The van der Waals surface area contributed by atoms with Crippen LogP contribution in [0.2, 0.25) is 0 Å². The summed E-state index contributed by atoms with van der Waals surface area (Å²) in [6.45, 7) is 6.83. The SMILES string of the molecule is CCNC(C)COc1ncc(C(F)(F)F)cn1.Cc1ccc(C(=O)O)c(-n2nccn2)c1. The first-order valence-electron chi connectivity index (χ1n) is 9.57. The van der Waals surface area contributed by atoms with Gasteiger partial charge in [0.2, 0.25) is 0 Å². The Hall–Kier alpha value is -3.54. The van der Waals surface area contributed by atoms with Crippen LogP contribution < -0.4 is 10.1 Å². The molecule has 3 aromatic rings. The minimum Gasteiger partial charge on any atom is -0.478 e. The molecule has 2 N–H and O–H groups in total. The van der Waals surface area contributed by atoms with Gasteiger partial charge in [-0.25, -0.2) is 14.8 Å². The van der Waals surface area contributed by atoms with Gasteiger partial charge < -0.3 is 15.2 Å². The topological polar surface area (TPSA) is 115 Å². The first-order chi connectivity index (χ1) is 15.1. The maximum absolute atomic E-state index is 12.2. The van der Waals surface area contributed by atoms with E-state index in [1.165, 1.54) is 17.2 Å². The van der Waals surface area contributed by atoms with Crippen molar-refractivity contribution < 1.29 is 27.8 Å². The van der Waals surface area contributed by atoms with Crippen molar-refractivity contribution in [1.29, 1.82) is 0 Å². The van der Waals surface area contributed by atoms with Crippen molar-refractivity contribution in [1.82, 2.24) is 30.3 Å².